The molecule has 1 saturated heterocycles. The second kappa shape index (κ2) is 6.91. The third-order valence-corrected chi connectivity index (χ3v) is 3.95. The van der Waals surface area contributed by atoms with Crippen molar-refractivity contribution < 1.29 is 0 Å². The van der Waals surface area contributed by atoms with Gasteiger partial charge in [-0.15, -0.1) is 0 Å². The summed E-state index contributed by atoms with van der Waals surface area (Å²) < 4.78 is 0. The number of piperidine rings is 1. The molecular weight excluding hydrogens is 220 g/mol. The van der Waals surface area contributed by atoms with Crippen LogP contribution in [0.15, 0.2) is 18.2 Å². The Bertz CT molecular complexity index is 367. The molecule has 0 radical (unpaired) electrons. The normalized spacial score (nSPS) is 20.0. The SMILES string of the molecule is Cc1ccc(C)c(CNCCC2CCCNC2)c1. The van der Waals surface area contributed by atoms with Crippen molar-refractivity contribution in [3.63, 3.8) is 0 Å². The Labute approximate surface area is 111 Å². The largest absolute Gasteiger partial charge is 0.316 e. The van der Waals surface area contributed by atoms with E-state index >= 15 is 0 Å². The number of aryl methyl sites for hydroxylation is 2. The fourth-order valence-corrected chi connectivity index (χ4v) is 2.69. The van der Waals surface area contributed by atoms with Gasteiger partial charge in [0.2, 0.25) is 0 Å². The minimum Gasteiger partial charge on any atom is -0.316 e. The quantitative estimate of drug-likeness (QED) is 0.781. The van der Waals surface area contributed by atoms with Crippen LogP contribution in [0.5, 0.6) is 0 Å². The maximum atomic E-state index is 3.59. The molecular formula is C16H26N2. The van der Waals surface area contributed by atoms with E-state index in [1.165, 1.54) is 49.0 Å². The Morgan fingerprint density at radius 1 is 1.33 bits per heavy atom. The summed E-state index contributed by atoms with van der Waals surface area (Å²) in [5.41, 5.74) is 4.19. The topological polar surface area (TPSA) is 24.1 Å². The lowest BCUT2D eigenvalue weighted by molar-refractivity contribution is 0.352. The molecule has 100 valence electrons. The van der Waals surface area contributed by atoms with Crippen molar-refractivity contribution in [1.82, 2.24) is 10.6 Å². The number of hydrogen-bond acceptors (Lipinski definition) is 2. The summed E-state index contributed by atoms with van der Waals surface area (Å²) in [7, 11) is 0. The van der Waals surface area contributed by atoms with E-state index in [-0.39, 0.29) is 0 Å². The van der Waals surface area contributed by atoms with Gasteiger partial charge in [-0.2, -0.15) is 0 Å². The van der Waals surface area contributed by atoms with E-state index in [1.54, 1.807) is 0 Å². The second-order valence-electron chi connectivity index (χ2n) is 5.61. The van der Waals surface area contributed by atoms with Gasteiger partial charge >= 0.3 is 0 Å². The second-order valence-corrected chi connectivity index (χ2v) is 5.61. The molecule has 1 heterocycles. The van der Waals surface area contributed by atoms with Crippen LogP contribution in [0, 0.1) is 19.8 Å². The molecule has 0 saturated carbocycles. The lowest BCUT2D eigenvalue weighted by atomic mass is 9.96. The summed E-state index contributed by atoms with van der Waals surface area (Å²) in [4.78, 5) is 0. The molecule has 1 aliphatic heterocycles. The standard InChI is InChI=1S/C16H26N2/c1-13-5-6-14(2)16(10-13)12-18-9-7-15-4-3-8-17-11-15/h5-6,10,15,17-18H,3-4,7-9,11-12H2,1-2H3. The van der Waals surface area contributed by atoms with Gasteiger partial charge in [0.1, 0.15) is 0 Å². The first-order valence-electron chi connectivity index (χ1n) is 7.23. The van der Waals surface area contributed by atoms with Crippen molar-refractivity contribution in [2.45, 2.75) is 39.7 Å². The molecule has 1 atom stereocenters. The van der Waals surface area contributed by atoms with E-state index in [0.717, 1.165) is 19.0 Å². The van der Waals surface area contributed by atoms with Gasteiger partial charge in [-0.1, -0.05) is 23.8 Å². The zero-order chi connectivity index (χ0) is 12.8. The molecule has 18 heavy (non-hydrogen) atoms. The summed E-state index contributed by atoms with van der Waals surface area (Å²) in [5.74, 6) is 0.879. The summed E-state index contributed by atoms with van der Waals surface area (Å²) in [6, 6.07) is 6.70. The Hall–Kier alpha value is -0.860. The lowest BCUT2D eigenvalue weighted by Crippen LogP contribution is -2.31. The molecule has 0 bridgehead atoms. The molecule has 0 spiro atoms. The van der Waals surface area contributed by atoms with Crippen molar-refractivity contribution in [2.24, 2.45) is 5.92 Å². The number of rotatable bonds is 5. The van der Waals surface area contributed by atoms with Crippen molar-refractivity contribution in [1.29, 1.82) is 0 Å². The average Bonchev–Trinajstić information content (AvgIpc) is 2.40. The predicted molar refractivity (Wildman–Crippen MR) is 77.8 cm³/mol. The summed E-state index contributed by atoms with van der Waals surface area (Å²) in [6.45, 7) is 8.93. The van der Waals surface area contributed by atoms with E-state index in [0.29, 0.717) is 0 Å². The van der Waals surface area contributed by atoms with Crippen LogP contribution < -0.4 is 10.6 Å². The predicted octanol–water partition coefficient (Wildman–Crippen LogP) is 2.78. The van der Waals surface area contributed by atoms with Gasteiger partial charge in [-0.25, -0.2) is 0 Å². The highest BCUT2D eigenvalue weighted by atomic mass is 14.9. The van der Waals surface area contributed by atoms with E-state index < -0.39 is 0 Å². The first-order chi connectivity index (χ1) is 8.75. The Kier molecular flexibility index (Phi) is 5.21. The van der Waals surface area contributed by atoms with Crippen molar-refractivity contribution >= 4 is 0 Å². The fraction of sp³-hybridized carbons (Fsp3) is 0.625. The lowest BCUT2D eigenvalue weighted by Gasteiger charge is -2.22. The minimum atomic E-state index is 0.879. The Morgan fingerprint density at radius 2 is 2.22 bits per heavy atom. The molecule has 0 aliphatic carbocycles. The molecule has 0 amide bonds. The van der Waals surface area contributed by atoms with E-state index in [1.807, 2.05) is 0 Å². The molecule has 1 unspecified atom stereocenters. The maximum Gasteiger partial charge on any atom is 0.0208 e. The van der Waals surface area contributed by atoms with Gasteiger partial charge in [-0.05, 0) is 69.8 Å². The number of benzene rings is 1. The molecule has 2 nitrogen and oxygen atoms in total. The van der Waals surface area contributed by atoms with Crippen LogP contribution in [0.4, 0.5) is 0 Å². The van der Waals surface area contributed by atoms with Crippen LogP contribution in [-0.4, -0.2) is 19.6 Å². The van der Waals surface area contributed by atoms with E-state index in [2.05, 4.69) is 42.7 Å². The monoisotopic (exact) mass is 246 g/mol. The molecule has 1 aromatic rings. The maximum absolute atomic E-state index is 3.59. The van der Waals surface area contributed by atoms with Gasteiger partial charge in [-0.3, -0.25) is 0 Å². The van der Waals surface area contributed by atoms with Crippen LogP contribution in [0.2, 0.25) is 0 Å². The average molecular weight is 246 g/mol. The van der Waals surface area contributed by atoms with E-state index in [4.69, 9.17) is 0 Å². The Balaban J connectivity index is 1.69. The molecule has 1 fully saturated rings. The van der Waals surface area contributed by atoms with Crippen LogP contribution in [0.25, 0.3) is 0 Å². The summed E-state index contributed by atoms with van der Waals surface area (Å²) >= 11 is 0. The van der Waals surface area contributed by atoms with E-state index in [9.17, 15) is 0 Å². The summed E-state index contributed by atoms with van der Waals surface area (Å²) in [5, 5.41) is 7.07. The van der Waals surface area contributed by atoms with Gasteiger partial charge in [0.05, 0.1) is 0 Å². The van der Waals surface area contributed by atoms with Crippen molar-refractivity contribution in [3.05, 3.63) is 34.9 Å². The molecule has 2 N–H and O–H groups in total. The molecule has 2 heteroatoms. The smallest absolute Gasteiger partial charge is 0.0208 e. The minimum absolute atomic E-state index is 0.879. The molecule has 1 aliphatic rings. The van der Waals surface area contributed by atoms with Crippen LogP contribution in [-0.2, 0) is 6.54 Å². The highest BCUT2D eigenvalue weighted by Gasteiger charge is 2.11. The zero-order valence-electron chi connectivity index (χ0n) is 11.8. The van der Waals surface area contributed by atoms with Crippen molar-refractivity contribution in [3.8, 4) is 0 Å². The molecule has 0 aromatic heterocycles. The van der Waals surface area contributed by atoms with Crippen LogP contribution in [0.1, 0.15) is 36.0 Å². The zero-order valence-corrected chi connectivity index (χ0v) is 11.8. The number of nitrogens with one attached hydrogen (secondary N) is 2. The van der Waals surface area contributed by atoms with Gasteiger partial charge < -0.3 is 10.6 Å². The number of hydrogen-bond donors (Lipinski definition) is 2. The third-order valence-electron chi connectivity index (χ3n) is 3.95. The molecule has 2 rings (SSSR count). The molecule has 1 aromatic carbocycles. The third kappa shape index (κ3) is 4.11. The highest BCUT2D eigenvalue weighted by Crippen LogP contribution is 2.14. The van der Waals surface area contributed by atoms with Crippen LogP contribution in [0.3, 0.4) is 0 Å². The fourth-order valence-electron chi connectivity index (χ4n) is 2.69. The highest BCUT2D eigenvalue weighted by molar-refractivity contribution is 5.30. The Morgan fingerprint density at radius 3 is 3.00 bits per heavy atom. The first kappa shape index (κ1) is 13.6. The first-order valence-corrected chi connectivity index (χ1v) is 7.23. The van der Waals surface area contributed by atoms with Gasteiger partial charge in [0.15, 0.2) is 0 Å². The summed E-state index contributed by atoms with van der Waals surface area (Å²) in [6.07, 6.45) is 4.05. The van der Waals surface area contributed by atoms with Gasteiger partial charge in [0, 0.05) is 6.54 Å². The van der Waals surface area contributed by atoms with Crippen molar-refractivity contribution in [2.75, 3.05) is 19.6 Å². The van der Waals surface area contributed by atoms with Crippen LogP contribution >= 0.6 is 0 Å². The van der Waals surface area contributed by atoms with Gasteiger partial charge in [0.25, 0.3) is 0 Å².